The minimum absolute atomic E-state index is 0.114. The minimum atomic E-state index is 0.114. The molecule has 5 aromatic rings. The van der Waals surface area contributed by atoms with Crippen LogP contribution in [0, 0.1) is 0 Å². The first-order valence-corrected chi connectivity index (χ1v) is 11.2. The summed E-state index contributed by atoms with van der Waals surface area (Å²) in [5.41, 5.74) is 4.72. The van der Waals surface area contributed by atoms with Crippen molar-refractivity contribution in [1.29, 1.82) is 0 Å². The molecule has 1 unspecified atom stereocenters. The monoisotopic (exact) mass is 411 g/mol. The highest BCUT2D eigenvalue weighted by Gasteiger charge is 2.16. The maximum atomic E-state index is 4.44. The Bertz CT molecular complexity index is 1340. The summed E-state index contributed by atoms with van der Waals surface area (Å²) in [6, 6.07) is 24.1. The Morgan fingerprint density at radius 1 is 0.867 bits per heavy atom. The zero-order chi connectivity index (χ0) is 20.9. The van der Waals surface area contributed by atoms with Crippen LogP contribution < -0.4 is 0 Å². The molecule has 0 N–H and O–H groups in total. The summed E-state index contributed by atoms with van der Waals surface area (Å²) in [5, 5.41) is 11.5. The lowest BCUT2D eigenvalue weighted by Crippen LogP contribution is -2.10. The number of thiophene rings is 1. The van der Waals surface area contributed by atoms with Crippen LogP contribution in [0.3, 0.4) is 0 Å². The topological polar surface area (TPSA) is 30.7 Å². The van der Waals surface area contributed by atoms with E-state index in [-0.39, 0.29) is 11.5 Å². The molecule has 0 spiro atoms. The van der Waals surface area contributed by atoms with E-state index in [0.29, 0.717) is 0 Å². The van der Waals surface area contributed by atoms with Gasteiger partial charge in [0.05, 0.1) is 12.2 Å². The third-order valence-corrected chi connectivity index (χ3v) is 6.99. The van der Waals surface area contributed by atoms with Gasteiger partial charge in [0.2, 0.25) is 0 Å². The molecule has 0 saturated carbocycles. The zero-order valence-electron chi connectivity index (χ0n) is 17.8. The van der Waals surface area contributed by atoms with Crippen molar-refractivity contribution in [3.8, 4) is 11.3 Å². The Morgan fingerprint density at radius 3 is 2.37 bits per heavy atom. The van der Waals surface area contributed by atoms with Gasteiger partial charge in [0.1, 0.15) is 5.69 Å². The summed E-state index contributed by atoms with van der Waals surface area (Å²) < 4.78 is 4.62. The zero-order valence-corrected chi connectivity index (χ0v) is 18.6. The third-order valence-electron chi connectivity index (χ3n) is 5.84. The largest absolute Gasteiger partial charge is 0.245 e. The number of hydrogen-bond acceptors (Lipinski definition) is 3. The average Bonchev–Trinajstić information content (AvgIpc) is 3.37. The lowest BCUT2D eigenvalue weighted by atomic mass is 9.86. The molecule has 0 aliphatic rings. The molecule has 0 radical (unpaired) electrons. The van der Waals surface area contributed by atoms with Gasteiger partial charge in [-0.3, -0.25) is 0 Å². The Morgan fingerprint density at radius 2 is 1.60 bits per heavy atom. The van der Waals surface area contributed by atoms with Crippen molar-refractivity contribution < 1.29 is 0 Å². The van der Waals surface area contributed by atoms with Crippen LogP contribution in [0.25, 0.3) is 31.4 Å². The average molecular weight is 412 g/mol. The van der Waals surface area contributed by atoms with Gasteiger partial charge < -0.3 is 0 Å². The molecule has 1 atom stereocenters. The van der Waals surface area contributed by atoms with Gasteiger partial charge in [0, 0.05) is 25.7 Å². The fraction of sp³-hybridized carbons (Fsp3) is 0.231. The SMILES string of the molecule is CC(c1ccc2sc3ccccc3c2c1)n1cc(-c2ccc(C(C)(C)C)cc2)nn1. The number of fused-ring (bicyclic) bond motifs is 3. The molecular formula is C26H25N3S. The molecule has 5 rings (SSSR count). The highest BCUT2D eigenvalue weighted by molar-refractivity contribution is 7.25. The lowest BCUT2D eigenvalue weighted by Gasteiger charge is -2.18. The Kier molecular flexibility index (Phi) is 4.48. The predicted molar refractivity (Wildman–Crippen MR) is 127 cm³/mol. The summed E-state index contributed by atoms with van der Waals surface area (Å²) in [6.45, 7) is 8.87. The summed E-state index contributed by atoms with van der Waals surface area (Å²) in [5.74, 6) is 0. The first-order chi connectivity index (χ1) is 14.4. The van der Waals surface area contributed by atoms with Crippen molar-refractivity contribution in [3.63, 3.8) is 0 Å². The molecule has 150 valence electrons. The highest BCUT2D eigenvalue weighted by atomic mass is 32.1. The van der Waals surface area contributed by atoms with Crippen molar-refractivity contribution in [2.75, 3.05) is 0 Å². The second-order valence-corrected chi connectivity index (χ2v) is 10.0. The van der Waals surface area contributed by atoms with Gasteiger partial charge in [-0.05, 0) is 41.7 Å². The van der Waals surface area contributed by atoms with E-state index in [0.717, 1.165) is 11.3 Å². The van der Waals surface area contributed by atoms with Gasteiger partial charge in [0.25, 0.3) is 0 Å². The standard InChI is InChI=1S/C26H25N3S/c1-17(19-11-14-25-22(15-19)21-7-5-6-8-24(21)30-25)29-16-23(27-28-29)18-9-12-20(13-10-18)26(2,3)4/h5-17H,1-4H3. The van der Waals surface area contributed by atoms with E-state index in [9.17, 15) is 0 Å². The molecule has 0 saturated heterocycles. The first-order valence-electron chi connectivity index (χ1n) is 10.3. The lowest BCUT2D eigenvalue weighted by molar-refractivity contribution is 0.543. The smallest absolute Gasteiger partial charge is 0.113 e. The molecule has 0 aliphatic carbocycles. The predicted octanol–water partition coefficient (Wildman–Crippen LogP) is 7.22. The van der Waals surface area contributed by atoms with Gasteiger partial charge in [-0.2, -0.15) is 0 Å². The van der Waals surface area contributed by atoms with E-state index in [1.165, 1.54) is 31.3 Å². The number of hydrogen-bond donors (Lipinski definition) is 0. The summed E-state index contributed by atoms with van der Waals surface area (Å²) >= 11 is 1.85. The van der Waals surface area contributed by atoms with E-state index in [4.69, 9.17) is 0 Å². The molecule has 0 bridgehead atoms. The molecule has 2 heterocycles. The molecule has 3 nitrogen and oxygen atoms in total. The van der Waals surface area contributed by atoms with Gasteiger partial charge in [-0.15, -0.1) is 16.4 Å². The van der Waals surface area contributed by atoms with Gasteiger partial charge in [-0.25, -0.2) is 4.68 Å². The third kappa shape index (κ3) is 3.31. The summed E-state index contributed by atoms with van der Waals surface area (Å²) in [4.78, 5) is 0. The van der Waals surface area contributed by atoms with E-state index >= 15 is 0 Å². The quantitative estimate of drug-likeness (QED) is 0.314. The minimum Gasteiger partial charge on any atom is -0.245 e. The molecule has 2 aromatic heterocycles. The van der Waals surface area contributed by atoms with Crippen molar-refractivity contribution in [3.05, 3.63) is 84.1 Å². The molecule has 0 aliphatic heterocycles. The van der Waals surface area contributed by atoms with Gasteiger partial charge in [0.15, 0.2) is 0 Å². The fourth-order valence-corrected chi connectivity index (χ4v) is 4.98. The number of aromatic nitrogens is 3. The van der Waals surface area contributed by atoms with E-state index in [2.05, 4.69) is 105 Å². The molecular weight excluding hydrogens is 386 g/mol. The van der Waals surface area contributed by atoms with Gasteiger partial charge in [-0.1, -0.05) is 74.5 Å². The van der Waals surface area contributed by atoms with Crippen molar-refractivity contribution in [2.24, 2.45) is 0 Å². The number of benzene rings is 3. The van der Waals surface area contributed by atoms with Crippen LogP contribution in [0.2, 0.25) is 0 Å². The maximum Gasteiger partial charge on any atom is 0.113 e. The molecule has 3 aromatic carbocycles. The van der Waals surface area contributed by atoms with Crippen molar-refractivity contribution in [1.82, 2.24) is 15.0 Å². The fourth-order valence-electron chi connectivity index (χ4n) is 3.90. The second kappa shape index (κ2) is 7.06. The summed E-state index contributed by atoms with van der Waals surface area (Å²) in [7, 11) is 0. The number of nitrogens with zero attached hydrogens (tertiary/aromatic N) is 3. The van der Waals surface area contributed by atoms with Crippen molar-refractivity contribution >= 4 is 31.5 Å². The Labute approximate surface area is 181 Å². The van der Waals surface area contributed by atoms with Crippen LogP contribution >= 0.6 is 11.3 Å². The van der Waals surface area contributed by atoms with Crippen LogP contribution in [0.1, 0.15) is 44.9 Å². The van der Waals surface area contributed by atoms with Gasteiger partial charge >= 0.3 is 0 Å². The van der Waals surface area contributed by atoms with Crippen LogP contribution in [0.15, 0.2) is 72.9 Å². The Hall–Kier alpha value is -2.98. The van der Waals surface area contributed by atoms with Crippen LogP contribution in [0.4, 0.5) is 0 Å². The van der Waals surface area contributed by atoms with E-state index < -0.39 is 0 Å². The molecule has 0 fully saturated rings. The summed E-state index contributed by atoms with van der Waals surface area (Å²) in [6.07, 6.45) is 2.05. The highest BCUT2D eigenvalue weighted by Crippen LogP contribution is 2.35. The second-order valence-electron chi connectivity index (χ2n) is 8.94. The van der Waals surface area contributed by atoms with E-state index in [1.807, 2.05) is 22.2 Å². The first kappa shape index (κ1) is 19.0. The number of rotatable bonds is 3. The van der Waals surface area contributed by atoms with Crippen LogP contribution in [-0.4, -0.2) is 15.0 Å². The van der Waals surface area contributed by atoms with E-state index in [1.54, 1.807) is 0 Å². The molecule has 0 amide bonds. The van der Waals surface area contributed by atoms with Crippen molar-refractivity contribution in [2.45, 2.75) is 39.2 Å². The normalized spacial score (nSPS) is 13.2. The van der Waals surface area contributed by atoms with Crippen LogP contribution in [-0.2, 0) is 5.41 Å². The Balaban J connectivity index is 1.46. The van der Waals surface area contributed by atoms with Crippen LogP contribution in [0.5, 0.6) is 0 Å². The molecule has 30 heavy (non-hydrogen) atoms. The molecule has 4 heteroatoms. The maximum absolute atomic E-state index is 4.44.